The number of carbonyl (C=O) groups is 2. The van der Waals surface area contributed by atoms with Crippen molar-refractivity contribution in [3.05, 3.63) is 55.5 Å². The molecule has 0 aromatic heterocycles. The van der Waals surface area contributed by atoms with Crippen LogP contribution in [-0.4, -0.2) is 65.4 Å². The standard InChI is InChI=1S/C18H14Cl4O6.C3H9N/c1-25-15-11(21)5-3-9(19)13(15)17(23)27-7-8-28-18(24)14-10(20)4-6-12(22)16(14)26-2;1-4(2)3/h3-6H,7-8H2,1-2H3;1-3H3. The number of halogens is 4. The van der Waals surface area contributed by atoms with Crippen molar-refractivity contribution in [1.82, 2.24) is 4.90 Å². The van der Waals surface area contributed by atoms with Crippen LogP contribution in [0.2, 0.25) is 20.1 Å². The van der Waals surface area contributed by atoms with Crippen LogP contribution in [0.4, 0.5) is 0 Å². The van der Waals surface area contributed by atoms with Gasteiger partial charge in [-0.2, -0.15) is 0 Å². The second-order valence-corrected chi connectivity index (χ2v) is 8.12. The lowest BCUT2D eigenvalue weighted by atomic mass is 10.2. The smallest absolute Gasteiger partial charge is 0.343 e. The largest absolute Gasteiger partial charge is 0.494 e. The summed E-state index contributed by atoms with van der Waals surface area (Å²) in [7, 11) is 8.69. The molecule has 2 aromatic rings. The maximum absolute atomic E-state index is 12.3. The van der Waals surface area contributed by atoms with Gasteiger partial charge in [-0.25, -0.2) is 9.59 Å². The Morgan fingerprint density at radius 3 is 1.25 bits per heavy atom. The van der Waals surface area contributed by atoms with E-state index in [4.69, 9.17) is 65.4 Å². The van der Waals surface area contributed by atoms with Gasteiger partial charge < -0.3 is 23.8 Å². The number of hydrogen-bond donors (Lipinski definition) is 0. The van der Waals surface area contributed by atoms with Crippen LogP contribution in [0.25, 0.3) is 0 Å². The van der Waals surface area contributed by atoms with Gasteiger partial charge in [0.25, 0.3) is 0 Å². The van der Waals surface area contributed by atoms with Crippen molar-refractivity contribution in [3.8, 4) is 11.5 Å². The maximum Gasteiger partial charge on any atom is 0.343 e. The van der Waals surface area contributed by atoms with Gasteiger partial charge >= 0.3 is 11.9 Å². The first-order chi connectivity index (χ1) is 15.0. The van der Waals surface area contributed by atoms with E-state index in [1.807, 2.05) is 26.0 Å². The Hall–Kier alpha value is -1.90. The Bertz CT molecular complexity index is 876. The molecule has 0 saturated carbocycles. The third-order valence-corrected chi connectivity index (χ3v) is 4.71. The van der Waals surface area contributed by atoms with Crippen LogP contribution >= 0.6 is 46.4 Å². The van der Waals surface area contributed by atoms with Crippen LogP contribution in [0.5, 0.6) is 11.5 Å². The lowest BCUT2D eigenvalue weighted by molar-refractivity contribution is 0.0262. The predicted molar refractivity (Wildman–Crippen MR) is 126 cm³/mol. The van der Waals surface area contributed by atoms with E-state index in [9.17, 15) is 9.59 Å². The zero-order valence-corrected chi connectivity index (χ0v) is 21.2. The molecule has 0 spiro atoms. The summed E-state index contributed by atoms with van der Waals surface area (Å²) in [6.07, 6.45) is 0. The molecule has 32 heavy (non-hydrogen) atoms. The summed E-state index contributed by atoms with van der Waals surface area (Å²) >= 11 is 24.0. The van der Waals surface area contributed by atoms with Gasteiger partial charge in [0.05, 0.1) is 34.3 Å². The van der Waals surface area contributed by atoms with Crippen molar-refractivity contribution < 1.29 is 28.5 Å². The SMILES string of the molecule is CN(C)C.COc1c(Cl)ccc(Cl)c1C(=O)OCCOC(=O)c1c(Cl)ccc(Cl)c1OC. The molecule has 7 nitrogen and oxygen atoms in total. The van der Waals surface area contributed by atoms with Gasteiger partial charge in [-0.3, -0.25) is 0 Å². The first-order valence-electron chi connectivity index (χ1n) is 9.04. The number of ether oxygens (including phenoxy) is 4. The molecule has 176 valence electrons. The van der Waals surface area contributed by atoms with Crippen molar-refractivity contribution in [2.75, 3.05) is 48.6 Å². The molecule has 2 aromatic carbocycles. The fourth-order valence-electron chi connectivity index (χ4n) is 2.26. The van der Waals surface area contributed by atoms with Crippen molar-refractivity contribution in [1.29, 1.82) is 0 Å². The first kappa shape index (κ1) is 28.1. The zero-order chi connectivity index (χ0) is 24.4. The van der Waals surface area contributed by atoms with Crippen LogP contribution < -0.4 is 9.47 Å². The molecular weight excluding hydrogens is 504 g/mol. The molecule has 0 amide bonds. The summed E-state index contributed by atoms with van der Waals surface area (Å²) < 4.78 is 20.3. The number of rotatable bonds is 7. The Kier molecular flexibility index (Phi) is 12.0. The van der Waals surface area contributed by atoms with Crippen LogP contribution in [0.3, 0.4) is 0 Å². The van der Waals surface area contributed by atoms with E-state index in [0.717, 1.165) is 0 Å². The Morgan fingerprint density at radius 1 is 0.688 bits per heavy atom. The molecule has 0 bridgehead atoms. The highest BCUT2D eigenvalue weighted by Crippen LogP contribution is 2.35. The van der Waals surface area contributed by atoms with Crippen molar-refractivity contribution in [2.45, 2.75) is 0 Å². The van der Waals surface area contributed by atoms with Crippen LogP contribution in [0.15, 0.2) is 24.3 Å². The van der Waals surface area contributed by atoms with E-state index >= 15 is 0 Å². The second-order valence-electron chi connectivity index (χ2n) is 6.49. The summed E-state index contributed by atoms with van der Waals surface area (Å²) in [6.45, 7) is -0.478. The summed E-state index contributed by atoms with van der Waals surface area (Å²) in [5, 5.41) is 0.623. The Balaban J connectivity index is 0.00000118. The van der Waals surface area contributed by atoms with Gasteiger partial charge in [0.2, 0.25) is 0 Å². The second kappa shape index (κ2) is 13.6. The van der Waals surface area contributed by atoms with Gasteiger partial charge in [-0.1, -0.05) is 46.4 Å². The highest BCUT2D eigenvalue weighted by atomic mass is 35.5. The lowest BCUT2D eigenvalue weighted by Crippen LogP contribution is -2.16. The molecule has 0 aliphatic heterocycles. The summed E-state index contributed by atoms with van der Waals surface area (Å²) in [4.78, 5) is 26.5. The molecular formula is C21H23Cl4NO6. The first-order valence-corrected chi connectivity index (χ1v) is 10.5. The number of methoxy groups -OCH3 is 2. The van der Waals surface area contributed by atoms with Gasteiger partial charge in [0, 0.05) is 0 Å². The topological polar surface area (TPSA) is 74.3 Å². The normalized spacial score (nSPS) is 10.2. The molecule has 0 heterocycles. The molecule has 11 heteroatoms. The molecule has 0 fully saturated rings. The number of benzene rings is 2. The predicted octanol–water partition coefficient (Wildman–Crippen LogP) is 5.51. The van der Waals surface area contributed by atoms with E-state index in [0.29, 0.717) is 0 Å². The van der Waals surface area contributed by atoms with Gasteiger partial charge in [-0.15, -0.1) is 0 Å². The fraction of sp³-hybridized carbons (Fsp3) is 0.333. The van der Waals surface area contributed by atoms with E-state index in [-0.39, 0.29) is 55.9 Å². The van der Waals surface area contributed by atoms with E-state index in [1.165, 1.54) is 38.5 Å². The Morgan fingerprint density at radius 2 is 0.969 bits per heavy atom. The minimum Gasteiger partial charge on any atom is -0.494 e. The molecule has 0 radical (unpaired) electrons. The minimum atomic E-state index is -0.779. The third-order valence-electron chi connectivity index (χ3n) is 3.48. The van der Waals surface area contributed by atoms with E-state index in [2.05, 4.69) is 0 Å². The minimum absolute atomic E-state index is 0.0254. The highest BCUT2D eigenvalue weighted by Gasteiger charge is 2.23. The monoisotopic (exact) mass is 525 g/mol. The van der Waals surface area contributed by atoms with E-state index < -0.39 is 11.9 Å². The summed E-state index contributed by atoms with van der Waals surface area (Å²) in [5.74, 6) is -1.38. The average molecular weight is 527 g/mol. The third kappa shape index (κ3) is 7.90. The molecule has 0 saturated heterocycles. The van der Waals surface area contributed by atoms with E-state index in [1.54, 1.807) is 0 Å². The number of esters is 2. The van der Waals surface area contributed by atoms with Crippen molar-refractivity contribution in [3.63, 3.8) is 0 Å². The van der Waals surface area contributed by atoms with Crippen LogP contribution in [0.1, 0.15) is 20.7 Å². The number of hydrogen-bond acceptors (Lipinski definition) is 7. The van der Waals surface area contributed by atoms with Crippen LogP contribution in [0, 0.1) is 0 Å². The van der Waals surface area contributed by atoms with Gasteiger partial charge in [0.1, 0.15) is 24.3 Å². The highest BCUT2D eigenvalue weighted by molar-refractivity contribution is 6.37. The Labute approximate surface area is 207 Å². The molecule has 0 aliphatic carbocycles. The van der Waals surface area contributed by atoms with Crippen LogP contribution in [-0.2, 0) is 9.47 Å². The molecule has 0 atom stereocenters. The van der Waals surface area contributed by atoms with Crippen molar-refractivity contribution >= 4 is 58.3 Å². The van der Waals surface area contributed by atoms with Crippen molar-refractivity contribution in [2.24, 2.45) is 0 Å². The fourth-order valence-corrected chi connectivity index (χ4v) is 3.18. The van der Waals surface area contributed by atoms with Gasteiger partial charge in [-0.05, 0) is 45.4 Å². The number of carbonyl (C=O) groups excluding carboxylic acids is 2. The molecule has 2 rings (SSSR count). The summed E-state index contributed by atoms with van der Waals surface area (Å²) in [5.41, 5.74) is -0.0508. The molecule has 0 N–H and O–H groups in total. The zero-order valence-electron chi connectivity index (χ0n) is 18.1. The maximum atomic E-state index is 12.3. The molecule has 0 unspecified atom stereocenters. The molecule has 0 aliphatic rings. The summed E-state index contributed by atoms with van der Waals surface area (Å²) in [6, 6.07) is 5.86. The lowest BCUT2D eigenvalue weighted by Gasteiger charge is -2.13. The number of nitrogens with zero attached hydrogens (tertiary/aromatic N) is 1. The van der Waals surface area contributed by atoms with Gasteiger partial charge in [0.15, 0.2) is 11.5 Å². The average Bonchev–Trinajstić information content (AvgIpc) is 2.73. The quantitative estimate of drug-likeness (QED) is 0.348.